The Hall–Kier alpha value is -1.51. The molecular weight excluding hydrogens is 299 g/mol. The van der Waals surface area contributed by atoms with Crippen LogP contribution in [0.1, 0.15) is 5.56 Å². The van der Waals surface area contributed by atoms with Crippen molar-refractivity contribution in [3.05, 3.63) is 29.6 Å². The van der Waals surface area contributed by atoms with Gasteiger partial charge in [0.05, 0.1) is 11.0 Å². The van der Waals surface area contributed by atoms with E-state index in [-0.39, 0.29) is 24.0 Å². The molecule has 1 aliphatic rings. The van der Waals surface area contributed by atoms with Gasteiger partial charge in [-0.3, -0.25) is 4.79 Å². The minimum absolute atomic E-state index is 0.0316. The molecule has 8 heteroatoms. The topological polar surface area (TPSA) is 75.7 Å². The third-order valence-corrected chi connectivity index (χ3v) is 4.86. The molecule has 1 aliphatic heterocycles. The van der Waals surface area contributed by atoms with Gasteiger partial charge in [-0.1, -0.05) is 0 Å². The molecule has 1 atom stereocenters. The van der Waals surface area contributed by atoms with Crippen molar-refractivity contribution in [3.63, 3.8) is 0 Å². The number of hydrogen-bond donors (Lipinski definition) is 1. The number of carbonyl (C=O) groups is 1. The van der Waals surface area contributed by atoms with E-state index in [1.165, 1.54) is 17.9 Å². The standard InChI is InChI=1S/C13H17FN2O4S/c1-9-5-10(14)3-4-12(9)21(18,19)15-6-11-7-16(2)13(17)8-20-11/h3-5,11,15H,6-8H2,1-2H3. The maximum Gasteiger partial charge on any atom is 0.248 e. The van der Waals surface area contributed by atoms with E-state index in [4.69, 9.17) is 4.74 Å². The average molecular weight is 316 g/mol. The average Bonchev–Trinajstić information content (AvgIpc) is 2.40. The van der Waals surface area contributed by atoms with Crippen LogP contribution in [0.15, 0.2) is 23.1 Å². The predicted octanol–water partition coefficient (Wildman–Crippen LogP) is 0.270. The van der Waals surface area contributed by atoms with Crippen LogP contribution in [0.5, 0.6) is 0 Å². The highest BCUT2D eigenvalue weighted by molar-refractivity contribution is 7.89. The smallest absolute Gasteiger partial charge is 0.248 e. The quantitative estimate of drug-likeness (QED) is 0.865. The Morgan fingerprint density at radius 3 is 2.81 bits per heavy atom. The number of nitrogens with zero attached hydrogens (tertiary/aromatic N) is 1. The fourth-order valence-corrected chi connectivity index (χ4v) is 3.37. The van der Waals surface area contributed by atoms with E-state index >= 15 is 0 Å². The van der Waals surface area contributed by atoms with Gasteiger partial charge in [0.1, 0.15) is 12.4 Å². The van der Waals surface area contributed by atoms with E-state index in [0.717, 1.165) is 12.1 Å². The molecule has 1 saturated heterocycles. The first-order valence-corrected chi connectivity index (χ1v) is 7.89. The Balaban J connectivity index is 2.03. The minimum atomic E-state index is -3.74. The van der Waals surface area contributed by atoms with Crippen LogP contribution in [0.3, 0.4) is 0 Å². The highest BCUT2D eigenvalue weighted by Gasteiger charge is 2.25. The summed E-state index contributed by atoms with van der Waals surface area (Å²) in [5.41, 5.74) is 0.333. The molecule has 0 aromatic heterocycles. The zero-order valence-corrected chi connectivity index (χ0v) is 12.6. The molecule has 116 valence electrons. The largest absolute Gasteiger partial charge is 0.365 e. The normalized spacial score (nSPS) is 19.9. The second-order valence-corrected chi connectivity index (χ2v) is 6.70. The van der Waals surface area contributed by atoms with Crippen LogP contribution in [0.25, 0.3) is 0 Å². The van der Waals surface area contributed by atoms with Crippen molar-refractivity contribution in [3.8, 4) is 0 Å². The molecule has 21 heavy (non-hydrogen) atoms. The van der Waals surface area contributed by atoms with Gasteiger partial charge in [-0.05, 0) is 30.7 Å². The monoisotopic (exact) mass is 316 g/mol. The van der Waals surface area contributed by atoms with Crippen molar-refractivity contribution < 1.29 is 22.3 Å². The maximum absolute atomic E-state index is 13.0. The Kier molecular flexibility index (Phi) is 4.60. The van der Waals surface area contributed by atoms with Crippen LogP contribution in [0.4, 0.5) is 4.39 Å². The van der Waals surface area contributed by atoms with Gasteiger partial charge in [-0.2, -0.15) is 0 Å². The molecule has 0 aliphatic carbocycles. The summed E-state index contributed by atoms with van der Waals surface area (Å²) in [4.78, 5) is 12.8. The number of ether oxygens (including phenoxy) is 1. The molecule has 0 spiro atoms. The highest BCUT2D eigenvalue weighted by atomic mass is 32.2. The number of carbonyl (C=O) groups excluding carboxylic acids is 1. The van der Waals surface area contributed by atoms with Crippen LogP contribution in [-0.2, 0) is 19.6 Å². The summed E-state index contributed by atoms with van der Waals surface area (Å²) in [5, 5.41) is 0. The number of aryl methyl sites for hydroxylation is 1. The lowest BCUT2D eigenvalue weighted by atomic mass is 10.2. The zero-order chi connectivity index (χ0) is 15.6. The third kappa shape index (κ3) is 3.78. The minimum Gasteiger partial charge on any atom is -0.365 e. The second-order valence-electron chi connectivity index (χ2n) is 4.97. The lowest BCUT2D eigenvalue weighted by Crippen LogP contribution is -2.48. The number of morpholine rings is 1. The van der Waals surface area contributed by atoms with Gasteiger partial charge < -0.3 is 9.64 Å². The van der Waals surface area contributed by atoms with E-state index in [9.17, 15) is 17.6 Å². The van der Waals surface area contributed by atoms with Gasteiger partial charge in [0.2, 0.25) is 15.9 Å². The van der Waals surface area contributed by atoms with Crippen molar-refractivity contribution in [2.45, 2.75) is 17.9 Å². The van der Waals surface area contributed by atoms with Crippen molar-refractivity contribution in [1.82, 2.24) is 9.62 Å². The first kappa shape index (κ1) is 15.9. The van der Waals surface area contributed by atoms with Gasteiger partial charge in [0.15, 0.2) is 0 Å². The molecular formula is C13H17FN2O4S. The van der Waals surface area contributed by atoms with E-state index in [1.54, 1.807) is 7.05 Å². The Bertz CT molecular complexity index is 648. The summed E-state index contributed by atoms with van der Waals surface area (Å²) >= 11 is 0. The van der Waals surface area contributed by atoms with E-state index in [2.05, 4.69) is 4.72 Å². The lowest BCUT2D eigenvalue weighted by molar-refractivity contribution is -0.146. The third-order valence-electron chi connectivity index (χ3n) is 3.27. The SMILES string of the molecule is Cc1cc(F)ccc1S(=O)(=O)NCC1CN(C)C(=O)CO1. The summed E-state index contributed by atoms with van der Waals surface area (Å²) in [6.07, 6.45) is -0.400. The molecule has 1 aromatic rings. The van der Waals surface area contributed by atoms with Crippen molar-refractivity contribution >= 4 is 15.9 Å². The molecule has 0 saturated carbocycles. The number of hydrogen-bond acceptors (Lipinski definition) is 4. The van der Waals surface area contributed by atoms with Crippen LogP contribution in [-0.4, -0.2) is 52.1 Å². The summed E-state index contributed by atoms with van der Waals surface area (Å²) in [7, 11) is -2.10. The van der Waals surface area contributed by atoms with E-state index in [1.807, 2.05) is 0 Å². The van der Waals surface area contributed by atoms with Gasteiger partial charge in [0, 0.05) is 20.1 Å². The molecule has 6 nitrogen and oxygen atoms in total. The fraction of sp³-hybridized carbons (Fsp3) is 0.462. The number of rotatable bonds is 4. The van der Waals surface area contributed by atoms with Crippen molar-refractivity contribution in [1.29, 1.82) is 0 Å². The Morgan fingerprint density at radius 1 is 1.48 bits per heavy atom. The summed E-state index contributed by atoms with van der Waals surface area (Å²) in [6.45, 7) is 1.85. The summed E-state index contributed by atoms with van der Waals surface area (Å²) < 4.78 is 45.1. The molecule has 1 amide bonds. The van der Waals surface area contributed by atoms with Crippen LogP contribution in [0.2, 0.25) is 0 Å². The highest BCUT2D eigenvalue weighted by Crippen LogP contribution is 2.16. The number of nitrogens with one attached hydrogen (secondary N) is 1. The fourth-order valence-electron chi connectivity index (χ4n) is 2.08. The number of sulfonamides is 1. The molecule has 1 fully saturated rings. The molecule has 0 bridgehead atoms. The molecule has 1 aromatic carbocycles. The van der Waals surface area contributed by atoms with Gasteiger partial charge >= 0.3 is 0 Å². The zero-order valence-electron chi connectivity index (χ0n) is 11.8. The van der Waals surface area contributed by atoms with Crippen LogP contribution >= 0.6 is 0 Å². The molecule has 2 rings (SSSR count). The van der Waals surface area contributed by atoms with Crippen molar-refractivity contribution in [2.75, 3.05) is 26.7 Å². The van der Waals surface area contributed by atoms with Gasteiger partial charge in [-0.25, -0.2) is 17.5 Å². The maximum atomic E-state index is 13.0. The summed E-state index contributed by atoms with van der Waals surface area (Å²) in [6, 6.07) is 3.49. The number of likely N-dealkylation sites (N-methyl/N-ethyl adjacent to an activating group) is 1. The Labute approximate surface area is 122 Å². The van der Waals surface area contributed by atoms with Gasteiger partial charge in [0.25, 0.3) is 0 Å². The van der Waals surface area contributed by atoms with E-state index in [0.29, 0.717) is 12.1 Å². The number of halogens is 1. The molecule has 1 heterocycles. The predicted molar refractivity (Wildman–Crippen MR) is 73.7 cm³/mol. The first-order valence-electron chi connectivity index (χ1n) is 6.41. The summed E-state index contributed by atoms with van der Waals surface area (Å²) in [5.74, 6) is -0.620. The molecule has 1 unspecified atom stereocenters. The lowest BCUT2D eigenvalue weighted by Gasteiger charge is -2.29. The second kappa shape index (κ2) is 6.08. The molecule has 0 radical (unpaired) electrons. The van der Waals surface area contributed by atoms with Crippen LogP contribution < -0.4 is 4.72 Å². The van der Waals surface area contributed by atoms with Gasteiger partial charge in [-0.15, -0.1) is 0 Å². The van der Waals surface area contributed by atoms with E-state index < -0.39 is 21.9 Å². The number of amides is 1. The van der Waals surface area contributed by atoms with Crippen LogP contribution in [0, 0.1) is 12.7 Å². The van der Waals surface area contributed by atoms with Crippen molar-refractivity contribution in [2.24, 2.45) is 0 Å². The first-order chi connectivity index (χ1) is 9.79. The number of benzene rings is 1. The Morgan fingerprint density at radius 2 is 2.19 bits per heavy atom. The molecule has 1 N–H and O–H groups in total.